The third-order valence-corrected chi connectivity index (χ3v) is 7.76. The zero-order valence-electron chi connectivity index (χ0n) is 17.4. The minimum absolute atomic E-state index is 0.0510. The fourth-order valence-electron chi connectivity index (χ4n) is 3.47. The first kappa shape index (κ1) is 22.0. The molecular weight excluding hydrogens is 423 g/mol. The number of amides is 1. The van der Waals surface area contributed by atoms with Gasteiger partial charge in [0.2, 0.25) is 0 Å². The van der Waals surface area contributed by atoms with E-state index in [2.05, 4.69) is 5.32 Å². The number of benzene rings is 2. The van der Waals surface area contributed by atoms with Gasteiger partial charge >= 0.3 is 0 Å². The van der Waals surface area contributed by atoms with Gasteiger partial charge < -0.3 is 5.32 Å². The normalized spacial score (nSPS) is 11.4. The summed E-state index contributed by atoms with van der Waals surface area (Å²) in [6.45, 7) is 7.20. The Morgan fingerprint density at radius 2 is 1.63 bits per heavy atom. The number of thiophene rings is 1. The lowest BCUT2D eigenvalue weighted by Crippen LogP contribution is -2.29. The van der Waals surface area contributed by atoms with Gasteiger partial charge in [-0.05, 0) is 68.0 Å². The van der Waals surface area contributed by atoms with Crippen LogP contribution in [-0.4, -0.2) is 21.4 Å². The highest BCUT2D eigenvalue weighted by Gasteiger charge is 2.29. The largest absolute Gasteiger partial charge is 0.319 e. The van der Waals surface area contributed by atoms with E-state index in [0.717, 1.165) is 26.8 Å². The molecule has 1 N–H and O–H groups in total. The van der Waals surface area contributed by atoms with Crippen molar-refractivity contribution in [1.29, 1.82) is 0 Å². The van der Waals surface area contributed by atoms with Crippen LogP contribution in [0.3, 0.4) is 0 Å². The lowest BCUT2D eigenvalue weighted by Gasteiger charge is -2.22. The lowest BCUT2D eigenvalue weighted by atomic mass is 10.1. The van der Waals surface area contributed by atoms with Crippen LogP contribution in [0.2, 0.25) is 0 Å². The standard InChI is InChI=1S/C22H23FN2O3S2/c1-13-6-7-17(23)18(12-13)24-22(26)20-19(8-9-29-20)25(5)30(27,28)21-15(3)10-14(2)11-16(21)4/h6-12H,1-5H3,(H,24,26). The number of aryl methyl sites for hydroxylation is 4. The molecule has 8 heteroatoms. The van der Waals surface area contributed by atoms with Crippen molar-refractivity contribution >= 4 is 38.6 Å². The van der Waals surface area contributed by atoms with E-state index in [1.165, 1.54) is 19.2 Å². The smallest absolute Gasteiger partial charge is 0.267 e. The molecule has 1 heterocycles. The molecule has 0 radical (unpaired) electrons. The molecule has 30 heavy (non-hydrogen) atoms. The van der Waals surface area contributed by atoms with Crippen molar-refractivity contribution < 1.29 is 17.6 Å². The van der Waals surface area contributed by atoms with E-state index in [1.54, 1.807) is 38.3 Å². The topological polar surface area (TPSA) is 66.5 Å². The van der Waals surface area contributed by atoms with Crippen LogP contribution < -0.4 is 9.62 Å². The van der Waals surface area contributed by atoms with Gasteiger partial charge in [0.05, 0.1) is 16.3 Å². The van der Waals surface area contributed by atoms with Crippen LogP contribution in [-0.2, 0) is 10.0 Å². The second-order valence-electron chi connectivity index (χ2n) is 7.27. The monoisotopic (exact) mass is 446 g/mol. The van der Waals surface area contributed by atoms with Gasteiger partial charge in [-0.1, -0.05) is 23.8 Å². The van der Waals surface area contributed by atoms with E-state index in [1.807, 2.05) is 19.1 Å². The van der Waals surface area contributed by atoms with E-state index in [-0.39, 0.29) is 21.1 Å². The van der Waals surface area contributed by atoms with Crippen molar-refractivity contribution in [1.82, 2.24) is 0 Å². The van der Waals surface area contributed by atoms with E-state index < -0.39 is 21.7 Å². The van der Waals surface area contributed by atoms with Gasteiger partial charge in [0, 0.05) is 7.05 Å². The average molecular weight is 447 g/mol. The van der Waals surface area contributed by atoms with E-state index in [4.69, 9.17) is 0 Å². The predicted molar refractivity (Wildman–Crippen MR) is 120 cm³/mol. The number of nitrogens with one attached hydrogen (secondary N) is 1. The van der Waals surface area contributed by atoms with Crippen molar-refractivity contribution in [3.05, 3.63) is 74.7 Å². The molecule has 1 aromatic heterocycles. The highest BCUT2D eigenvalue weighted by Crippen LogP contribution is 2.33. The first-order chi connectivity index (χ1) is 14.0. The summed E-state index contributed by atoms with van der Waals surface area (Å²) in [4.78, 5) is 13.2. The van der Waals surface area contributed by atoms with Crippen LogP contribution >= 0.6 is 11.3 Å². The maximum absolute atomic E-state index is 14.0. The number of nitrogens with zero attached hydrogens (tertiary/aromatic N) is 1. The zero-order valence-corrected chi connectivity index (χ0v) is 19.0. The molecule has 2 aromatic carbocycles. The number of halogens is 1. The number of carbonyl (C=O) groups excluding carboxylic acids is 1. The Kier molecular flexibility index (Phi) is 6.01. The summed E-state index contributed by atoms with van der Waals surface area (Å²) in [5.74, 6) is -1.12. The third-order valence-electron chi connectivity index (χ3n) is 4.78. The second kappa shape index (κ2) is 8.20. The van der Waals surface area contributed by atoms with Crippen molar-refractivity contribution in [3.63, 3.8) is 0 Å². The number of anilines is 2. The minimum Gasteiger partial charge on any atom is -0.319 e. The SMILES string of the molecule is Cc1cc(C)c(S(=O)(=O)N(C)c2ccsc2C(=O)Nc2cc(C)ccc2F)c(C)c1. The summed E-state index contributed by atoms with van der Waals surface area (Å²) < 4.78 is 41.9. The molecule has 0 spiro atoms. The Bertz CT molecular complexity index is 1210. The number of carbonyl (C=O) groups is 1. The fourth-order valence-corrected chi connectivity index (χ4v) is 5.97. The van der Waals surface area contributed by atoms with Crippen molar-refractivity contribution in [2.45, 2.75) is 32.6 Å². The quantitative estimate of drug-likeness (QED) is 0.586. The van der Waals surface area contributed by atoms with Crippen molar-refractivity contribution in [3.8, 4) is 0 Å². The molecule has 0 saturated heterocycles. The first-order valence-electron chi connectivity index (χ1n) is 9.24. The Balaban J connectivity index is 1.98. The number of sulfonamides is 1. The number of rotatable bonds is 5. The Hall–Kier alpha value is -2.71. The third kappa shape index (κ3) is 4.11. The predicted octanol–water partition coefficient (Wildman–Crippen LogP) is 5.20. The molecule has 0 aliphatic rings. The highest BCUT2D eigenvalue weighted by atomic mass is 32.2. The molecule has 0 bridgehead atoms. The zero-order chi connectivity index (χ0) is 22.2. The molecule has 1 amide bonds. The maximum Gasteiger partial charge on any atom is 0.267 e. The van der Waals surface area contributed by atoms with E-state index >= 15 is 0 Å². The summed E-state index contributed by atoms with van der Waals surface area (Å²) in [6.07, 6.45) is 0. The summed E-state index contributed by atoms with van der Waals surface area (Å²) >= 11 is 1.10. The fraction of sp³-hybridized carbons (Fsp3) is 0.227. The van der Waals surface area contributed by atoms with E-state index in [0.29, 0.717) is 11.1 Å². The molecule has 0 fully saturated rings. The molecule has 158 valence electrons. The summed E-state index contributed by atoms with van der Waals surface area (Å²) in [5.41, 5.74) is 3.34. The molecule has 3 aromatic rings. The van der Waals surface area contributed by atoms with Gasteiger partial charge in [-0.3, -0.25) is 9.10 Å². The van der Waals surface area contributed by atoms with Crippen LogP contribution in [0.4, 0.5) is 15.8 Å². The van der Waals surface area contributed by atoms with Crippen LogP contribution in [0.1, 0.15) is 31.9 Å². The molecule has 0 unspecified atom stereocenters. The van der Waals surface area contributed by atoms with Crippen molar-refractivity contribution in [2.75, 3.05) is 16.7 Å². The lowest BCUT2D eigenvalue weighted by molar-refractivity contribution is 0.103. The highest BCUT2D eigenvalue weighted by molar-refractivity contribution is 7.93. The van der Waals surface area contributed by atoms with Gasteiger partial charge in [0.1, 0.15) is 10.7 Å². The Morgan fingerprint density at radius 1 is 1.00 bits per heavy atom. The van der Waals surface area contributed by atoms with Gasteiger partial charge in [0.25, 0.3) is 15.9 Å². The maximum atomic E-state index is 14.0. The molecule has 5 nitrogen and oxygen atoms in total. The second-order valence-corrected chi connectivity index (χ2v) is 10.1. The Labute approximate surface area is 180 Å². The van der Waals surface area contributed by atoms with Crippen molar-refractivity contribution in [2.24, 2.45) is 0 Å². The summed E-state index contributed by atoms with van der Waals surface area (Å²) in [6, 6.07) is 9.61. The van der Waals surface area contributed by atoms with Gasteiger partial charge in [0.15, 0.2) is 0 Å². The molecule has 0 atom stereocenters. The van der Waals surface area contributed by atoms with Crippen LogP contribution in [0.15, 0.2) is 46.7 Å². The van der Waals surface area contributed by atoms with Crippen LogP contribution in [0.5, 0.6) is 0 Å². The first-order valence-corrected chi connectivity index (χ1v) is 11.6. The van der Waals surface area contributed by atoms with Gasteiger partial charge in [-0.2, -0.15) is 0 Å². The van der Waals surface area contributed by atoms with Gasteiger partial charge in [-0.15, -0.1) is 11.3 Å². The summed E-state index contributed by atoms with van der Waals surface area (Å²) in [7, 11) is -2.48. The van der Waals surface area contributed by atoms with E-state index in [9.17, 15) is 17.6 Å². The van der Waals surface area contributed by atoms with Crippen LogP contribution in [0, 0.1) is 33.5 Å². The average Bonchev–Trinajstić information content (AvgIpc) is 3.12. The number of hydrogen-bond donors (Lipinski definition) is 1. The minimum atomic E-state index is -3.90. The number of hydrogen-bond acceptors (Lipinski definition) is 4. The molecule has 0 aliphatic heterocycles. The van der Waals surface area contributed by atoms with Gasteiger partial charge in [-0.25, -0.2) is 12.8 Å². The summed E-state index contributed by atoms with van der Waals surface area (Å²) in [5, 5.41) is 4.18. The molecule has 0 saturated carbocycles. The molecular formula is C22H23FN2O3S2. The Morgan fingerprint density at radius 3 is 2.27 bits per heavy atom. The van der Waals surface area contributed by atoms with Crippen LogP contribution in [0.25, 0.3) is 0 Å². The molecule has 3 rings (SSSR count). The molecule has 0 aliphatic carbocycles.